The number of ether oxygens (including phenoxy) is 1. The van der Waals surface area contributed by atoms with Crippen molar-refractivity contribution >= 4 is 19.0 Å². The molecule has 4 rings (SSSR count). The Balaban J connectivity index is 1.85. The fraction of sp³-hybridized carbons (Fsp3) is 0.543. The zero-order chi connectivity index (χ0) is 27.1. The van der Waals surface area contributed by atoms with Gasteiger partial charge in [0, 0.05) is 29.9 Å². The number of allylic oxidation sites excluding steroid dienone is 1. The van der Waals surface area contributed by atoms with E-state index in [1.165, 1.54) is 104 Å². The van der Waals surface area contributed by atoms with Crippen molar-refractivity contribution in [1.29, 1.82) is 0 Å². The maximum absolute atomic E-state index is 6.61. The van der Waals surface area contributed by atoms with Gasteiger partial charge in [0.15, 0.2) is 0 Å². The zero-order valence-corrected chi connectivity index (χ0v) is 25.9. The van der Waals surface area contributed by atoms with Crippen molar-refractivity contribution < 1.29 is 4.74 Å². The molecule has 2 aliphatic rings. The van der Waals surface area contributed by atoms with E-state index in [2.05, 4.69) is 81.7 Å². The molecule has 1 saturated heterocycles. The van der Waals surface area contributed by atoms with Crippen LogP contribution in [0.2, 0.25) is 13.1 Å². The van der Waals surface area contributed by atoms with E-state index < -0.39 is 8.07 Å². The quantitative estimate of drug-likeness (QED) is 0.138. The van der Waals surface area contributed by atoms with Crippen LogP contribution in [0.4, 0.5) is 0 Å². The summed E-state index contributed by atoms with van der Waals surface area (Å²) in [6, 6.07) is 14.3. The Morgan fingerprint density at radius 1 is 0.974 bits per heavy atom. The normalized spacial score (nSPS) is 17.3. The molecule has 1 aliphatic heterocycles. The van der Waals surface area contributed by atoms with Gasteiger partial charge in [-0.2, -0.15) is 0 Å². The summed E-state index contributed by atoms with van der Waals surface area (Å²) in [4.78, 5) is 2.67. The van der Waals surface area contributed by atoms with Crippen LogP contribution < -0.4 is 9.92 Å². The van der Waals surface area contributed by atoms with Crippen LogP contribution in [-0.4, -0.2) is 32.7 Å². The van der Waals surface area contributed by atoms with Gasteiger partial charge in [-0.25, -0.2) is 0 Å². The fourth-order valence-electron chi connectivity index (χ4n) is 7.01. The summed E-state index contributed by atoms with van der Waals surface area (Å²) in [5.74, 6) is 1.18. The number of hydrogen-bond donors (Lipinski definition) is 0. The van der Waals surface area contributed by atoms with E-state index >= 15 is 0 Å². The molecule has 38 heavy (non-hydrogen) atoms. The van der Waals surface area contributed by atoms with E-state index in [-0.39, 0.29) is 0 Å². The largest absolute Gasteiger partial charge is 0.489 e. The average molecular weight is 530 g/mol. The van der Waals surface area contributed by atoms with E-state index in [0.717, 1.165) is 6.42 Å². The number of hydrogen-bond acceptors (Lipinski definition) is 2. The summed E-state index contributed by atoms with van der Waals surface area (Å²) in [7, 11) is -2.05. The van der Waals surface area contributed by atoms with Crippen LogP contribution in [0.1, 0.15) is 99.9 Å². The molecule has 3 heteroatoms. The molecule has 1 aliphatic carbocycles. The topological polar surface area (TPSA) is 12.5 Å². The molecule has 0 N–H and O–H groups in total. The molecule has 1 fully saturated rings. The number of benzene rings is 2. The van der Waals surface area contributed by atoms with Gasteiger partial charge in [0.1, 0.15) is 12.4 Å². The number of unbranched alkanes of at least 4 members (excludes halogenated alkanes) is 4. The molecule has 2 aromatic carbocycles. The minimum atomic E-state index is -2.05. The summed E-state index contributed by atoms with van der Waals surface area (Å²) in [6.45, 7) is 19.2. The minimum absolute atomic E-state index is 0.467. The first-order chi connectivity index (χ1) is 18.4. The number of likely N-dealkylation sites (tertiary alicyclic amines) is 1. The number of nitrogens with zero attached hydrogens (tertiary/aromatic N) is 1. The van der Waals surface area contributed by atoms with Gasteiger partial charge < -0.3 is 9.64 Å². The van der Waals surface area contributed by atoms with Crippen LogP contribution >= 0.6 is 0 Å². The highest BCUT2D eigenvalue weighted by Crippen LogP contribution is 2.48. The lowest BCUT2D eigenvalue weighted by molar-refractivity contribution is 0.361. The molecule has 0 bridgehead atoms. The molecule has 206 valence electrons. The van der Waals surface area contributed by atoms with Crippen LogP contribution in [0.5, 0.6) is 5.75 Å². The molecule has 0 radical (unpaired) electrons. The molecule has 0 aromatic heterocycles. The van der Waals surface area contributed by atoms with Crippen molar-refractivity contribution in [2.75, 3.05) is 19.7 Å². The second kappa shape index (κ2) is 13.2. The third kappa shape index (κ3) is 5.98. The Kier molecular flexibility index (Phi) is 9.98. The molecule has 0 spiro atoms. The number of rotatable bonds is 14. The lowest BCUT2D eigenvalue weighted by Crippen LogP contribution is -2.49. The van der Waals surface area contributed by atoms with Crippen molar-refractivity contribution in [3.05, 3.63) is 76.9 Å². The first-order valence-electron chi connectivity index (χ1n) is 15.4. The van der Waals surface area contributed by atoms with Crippen LogP contribution in [0, 0.1) is 0 Å². The lowest BCUT2D eigenvalue weighted by Gasteiger charge is -2.35. The Morgan fingerprint density at radius 3 is 2.34 bits per heavy atom. The third-order valence-electron chi connectivity index (χ3n) is 8.86. The van der Waals surface area contributed by atoms with Gasteiger partial charge in [-0.05, 0) is 72.9 Å². The zero-order valence-electron chi connectivity index (χ0n) is 24.9. The smallest absolute Gasteiger partial charge is 0.122 e. The predicted octanol–water partition coefficient (Wildman–Crippen LogP) is 8.80. The Bertz CT molecular complexity index is 1120. The lowest BCUT2D eigenvalue weighted by atomic mass is 10.00. The highest BCUT2D eigenvalue weighted by Gasteiger charge is 2.45. The van der Waals surface area contributed by atoms with Gasteiger partial charge in [0.2, 0.25) is 0 Å². The molecular weight excluding hydrogens is 478 g/mol. The van der Waals surface area contributed by atoms with Crippen LogP contribution in [0.25, 0.3) is 5.70 Å². The van der Waals surface area contributed by atoms with Crippen molar-refractivity contribution in [2.24, 2.45) is 0 Å². The van der Waals surface area contributed by atoms with Crippen LogP contribution in [0.15, 0.2) is 54.6 Å². The van der Waals surface area contributed by atoms with E-state index in [1.807, 2.05) is 6.08 Å². The van der Waals surface area contributed by atoms with Crippen molar-refractivity contribution in [1.82, 2.24) is 4.90 Å². The van der Waals surface area contributed by atoms with E-state index in [9.17, 15) is 0 Å². The summed E-state index contributed by atoms with van der Waals surface area (Å²) in [6.07, 6.45) is 14.4. The van der Waals surface area contributed by atoms with E-state index in [0.29, 0.717) is 12.1 Å². The molecule has 1 atom stereocenters. The Morgan fingerprint density at radius 2 is 1.66 bits per heavy atom. The Hall–Kier alpha value is -2.26. The van der Waals surface area contributed by atoms with Gasteiger partial charge in [-0.15, -0.1) is 0 Å². The first-order valence-corrected chi connectivity index (χ1v) is 18.5. The molecule has 1 heterocycles. The average Bonchev–Trinajstić information content (AvgIpc) is 3.53. The number of aryl methyl sites for hydroxylation is 2. The van der Waals surface area contributed by atoms with Gasteiger partial charge in [-0.3, -0.25) is 0 Å². The van der Waals surface area contributed by atoms with Crippen molar-refractivity contribution in [3.63, 3.8) is 0 Å². The minimum Gasteiger partial charge on any atom is -0.489 e. The maximum Gasteiger partial charge on any atom is 0.122 e. The fourth-order valence-corrected chi connectivity index (χ4v) is 10.9. The monoisotopic (exact) mass is 529 g/mol. The first kappa shape index (κ1) is 28.7. The molecule has 0 saturated carbocycles. The maximum atomic E-state index is 6.61. The van der Waals surface area contributed by atoms with E-state index in [1.54, 1.807) is 11.1 Å². The molecule has 2 nitrogen and oxygen atoms in total. The van der Waals surface area contributed by atoms with Crippen molar-refractivity contribution in [3.8, 4) is 5.75 Å². The van der Waals surface area contributed by atoms with Crippen LogP contribution in [0.3, 0.4) is 0 Å². The highest BCUT2D eigenvalue weighted by atomic mass is 28.3. The summed E-state index contributed by atoms with van der Waals surface area (Å²) in [5, 5.41) is 1.52. The van der Waals surface area contributed by atoms with Crippen LogP contribution in [-0.2, 0) is 12.8 Å². The molecular formula is C35H51NOSi. The van der Waals surface area contributed by atoms with Gasteiger partial charge in [0.25, 0.3) is 0 Å². The third-order valence-corrected chi connectivity index (χ3v) is 12.8. The molecule has 0 amide bonds. The number of fused-ring (bicyclic) bond motifs is 1. The predicted molar refractivity (Wildman–Crippen MR) is 168 cm³/mol. The second-order valence-electron chi connectivity index (χ2n) is 12.1. The molecule has 1 unspecified atom stereocenters. The highest BCUT2D eigenvalue weighted by molar-refractivity contribution is 6.92. The second-order valence-corrected chi connectivity index (χ2v) is 16.7. The standard InChI is InChI=1S/C35H51NOSi/c1-7-10-12-18-28-25-29(19-13-11-8-2)34(37-24-9-3)32(26-28)38(5,6)35-27(4)33(36-22-16-17-23-36)30-20-14-15-21-31(30)35/h9,14-15,20-21,25-26,35H,3,7-8,10-13,16-19,22-24H2,1-2,4-6H3. The summed E-state index contributed by atoms with van der Waals surface area (Å²) < 4.78 is 6.61. The van der Waals surface area contributed by atoms with Gasteiger partial charge in [-0.1, -0.05) is 102 Å². The van der Waals surface area contributed by atoms with Gasteiger partial charge >= 0.3 is 0 Å². The van der Waals surface area contributed by atoms with E-state index in [4.69, 9.17) is 4.74 Å². The SMILES string of the molecule is C=CCOc1c(CCCCC)cc(CCCCC)cc1[Si](C)(C)C1C(C)=C(N2CCCC2)c2ccccc21. The summed E-state index contributed by atoms with van der Waals surface area (Å²) in [5.41, 5.74) is 9.55. The van der Waals surface area contributed by atoms with Crippen molar-refractivity contribution in [2.45, 2.75) is 104 Å². The summed E-state index contributed by atoms with van der Waals surface area (Å²) >= 11 is 0. The Labute approximate surface area is 234 Å². The van der Waals surface area contributed by atoms with Gasteiger partial charge in [0.05, 0.1) is 8.07 Å². The molecule has 2 aromatic rings.